The van der Waals surface area contributed by atoms with Gasteiger partial charge in [0.15, 0.2) is 0 Å². The van der Waals surface area contributed by atoms with Crippen LogP contribution in [0.3, 0.4) is 0 Å². The van der Waals surface area contributed by atoms with Crippen LogP contribution in [0.5, 0.6) is 0 Å². The van der Waals surface area contributed by atoms with Crippen LogP contribution >= 0.6 is 11.3 Å². The van der Waals surface area contributed by atoms with Gasteiger partial charge in [-0.2, -0.15) is 0 Å². The Morgan fingerprint density at radius 3 is 2.81 bits per heavy atom. The molecule has 1 aromatic carbocycles. The van der Waals surface area contributed by atoms with Crippen molar-refractivity contribution in [1.29, 1.82) is 0 Å². The highest BCUT2D eigenvalue weighted by atomic mass is 32.1. The van der Waals surface area contributed by atoms with Gasteiger partial charge in [0, 0.05) is 7.11 Å². The van der Waals surface area contributed by atoms with Crippen molar-refractivity contribution in [2.24, 2.45) is 0 Å². The van der Waals surface area contributed by atoms with Crippen LogP contribution in [0, 0.1) is 0 Å². The number of benzene rings is 1. The molecule has 136 valence electrons. The molecule has 1 saturated heterocycles. The van der Waals surface area contributed by atoms with Gasteiger partial charge in [0.1, 0.15) is 17.7 Å². The molecule has 1 fully saturated rings. The van der Waals surface area contributed by atoms with Gasteiger partial charge in [-0.25, -0.2) is 4.79 Å². The summed E-state index contributed by atoms with van der Waals surface area (Å²) in [5.41, 5.74) is 0.834. The maximum absolute atomic E-state index is 12.4. The number of aromatic nitrogens is 2. The number of hydrogen-bond acceptors (Lipinski definition) is 7. The van der Waals surface area contributed by atoms with Gasteiger partial charge in [0.2, 0.25) is 11.0 Å². The third-order valence-electron chi connectivity index (χ3n) is 3.66. The fourth-order valence-electron chi connectivity index (χ4n) is 2.47. The first-order chi connectivity index (χ1) is 12.6. The molecule has 2 aromatic rings. The second-order valence-electron chi connectivity index (χ2n) is 5.60. The molecule has 9 nitrogen and oxygen atoms in total. The molecule has 3 rings (SSSR count). The second-order valence-corrected chi connectivity index (χ2v) is 6.66. The number of ether oxygens (including phenoxy) is 1. The normalized spacial score (nSPS) is 16.7. The standard InChI is InChI=1S/C16H17N5O4S/c1-25-9-13-19-20-15(26-13)18-12(22)7-11-14(23)21(16(24)17-11)8-10-5-3-2-4-6-10/h2-6,11H,7-9H2,1H3,(H,17,24)(H,18,20,22). The molecule has 0 aliphatic carbocycles. The smallest absolute Gasteiger partial charge is 0.325 e. The first-order valence-electron chi connectivity index (χ1n) is 7.84. The van der Waals surface area contributed by atoms with Crippen LogP contribution in [0.2, 0.25) is 0 Å². The molecule has 0 saturated carbocycles. The van der Waals surface area contributed by atoms with E-state index in [4.69, 9.17) is 4.74 Å². The largest absolute Gasteiger partial charge is 0.377 e. The molecule has 26 heavy (non-hydrogen) atoms. The highest BCUT2D eigenvalue weighted by Crippen LogP contribution is 2.18. The van der Waals surface area contributed by atoms with E-state index >= 15 is 0 Å². The van der Waals surface area contributed by atoms with Gasteiger partial charge in [0.25, 0.3) is 5.91 Å². The number of urea groups is 1. The summed E-state index contributed by atoms with van der Waals surface area (Å²) in [5.74, 6) is -0.850. The first-order valence-corrected chi connectivity index (χ1v) is 8.65. The van der Waals surface area contributed by atoms with Crippen molar-refractivity contribution in [3.8, 4) is 0 Å². The molecule has 1 aliphatic rings. The molecule has 1 aromatic heterocycles. The van der Waals surface area contributed by atoms with Crippen LogP contribution in [0.25, 0.3) is 0 Å². The van der Waals surface area contributed by atoms with E-state index in [0.29, 0.717) is 16.7 Å². The monoisotopic (exact) mass is 375 g/mol. The van der Waals surface area contributed by atoms with E-state index in [1.807, 2.05) is 30.3 Å². The summed E-state index contributed by atoms with van der Waals surface area (Å²) >= 11 is 1.19. The first kappa shape index (κ1) is 18.0. The van der Waals surface area contributed by atoms with Gasteiger partial charge in [-0.1, -0.05) is 41.7 Å². The highest BCUT2D eigenvalue weighted by Gasteiger charge is 2.39. The van der Waals surface area contributed by atoms with E-state index in [0.717, 1.165) is 10.5 Å². The van der Waals surface area contributed by atoms with Crippen molar-refractivity contribution < 1.29 is 19.1 Å². The lowest BCUT2D eigenvalue weighted by atomic mass is 10.2. The zero-order valence-corrected chi connectivity index (χ0v) is 14.8. The van der Waals surface area contributed by atoms with Crippen LogP contribution in [0.1, 0.15) is 17.0 Å². The van der Waals surface area contributed by atoms with E-state index in [1.54, 1.807) is 0 Å². The Kier molecular flexibility index (Phi) is 5.54. The Hall–Kier alpha value is -2.85. The number of carbonyl (C=O) groups is 3. The molecule has 1 atom stereocenters. The minimum absolute atomic E-state index is 0.167. The minimum atomic E-state index is -0.891. The fourth-order valence-corrected chi connectivity index (χ4v) is 3.20. The van der Waals surface area contributed by atoms with E-state index < -0.39 is 23.9 Å². The van der Waals surface area contributed by atoms with Crippen LogP contribution in [-0.4, -0.2) is 46.1 Å². The Bertz CT molecular complexity index is 810. The van der Waals surface area contributed by atoms with Gasteiger partial charge in [-0.05, 0) is 5.56 Å². The Morgan fingerprint density at radius 2 is 2.08 bits per heavy atom. The molecule has 0 bridgehead atoms. The topological polar surface area (TPSA) is 114 Å². The lowest BCUT2D eigenvalue weighted by molar-refractivity contribution is -0.130. The van der Waals surface area contributed by atoms with Gasteiger partial charge < -0.3 is 15.4 Å². The molecule has 1 unspecified atom stereocenters. The van der Waals surface area contributed by atoms with Crippen molar-refractivity contribution in [3.63, 3.8) is 0 Å². The number of nitrogens with zero attached hydrogens (tertiary/aromatic N) is 3. The molecule has 0 spiro atoms. The molecular formula is C16H17N5O4S. The summed E-state index contributed by atoms with van der Waals surface area (Å²) in [6, 6.07) is 7.78. The van der Waals surface area contributed by atoms with Gasteiger partial charge >= 0.3 is 6.03 Å². The summed E-state index contributed by atoms with van der Waals surface area (Å²) in [6.07, 6.45) is -0.172. The summed E-state index contributed by atoms with van der Waals surface area (Å²) < 4.78 is 4.94. The zero-order valence-electron chi connectivity index (χ0n) is 14.0. The Balaban J connectivity index is 1.56. The van der Waals surface area contributed by atoms with E-state index in [-0.39, 0.29) is 13.0 Å². The molecule has 4 amide bonds. The van der Waals surface area contributed by atoms with Crippen LogP contribution in [0.15, 0.2) is 30.3 Å². The zero-order chi connectivity index (χ0) is 18.5. The van der Waals surface area contributed by atoms with Crippen molar-refractivity contribution >= 4 is 34.3 Å². The van der Waals surface area contributed by atoms with E-state index in [2.05, 4.69) is 20.8 Å². The van der Waals surface area contributed by atoms with Crippen molar-refractivity contribution in [2.75, 3.05) is 12.4 Å². The Labute approximate surface area is 153 Å². The number of amides is 4. The van der Waals surface area contributed by atoms with Crippen molar-refractivity contribution in [1.82, 2.24) is 20.4 Å². The number of rotatable bonds is 7. The van der Waals surface area contributed by atoms with Crippen LogP contribution in [-0.2, 0) is 27.5 Å². The van der Waals surface area contributed by atoms with Crippen LogP contribution in [0.4, 0.5) is 9.93 Å². The lowest BCUT2D eigenvalue weighted by Gasteiger charge is -2.12. The van der Waals surface area contributed by atoms with Crippen molar-refractivity contribution in [2.45, 2.75) is 25.6 Å². The number of methoxy groups -OCH3 is 1. The molecule has 1 aliphatic heterocycles. The van der Waals surface area contributed by atoms with Gasteiger partial charge in [-0.15, -0.1) is 10.2 Å². The number of nitrogens with one attached hydrogen (secondary N) is 2. The highest BCUT2D eigenvalue weighted by molar-refractivity contribution is 7.15. The predicted molar refractivity (Wildman–Crippen MR) is 93.2 cm³/mol. The minimum Gasteiger partial charge on any atom is -0.377 e. The average Bonchev–Trinajstić information content (AvgIpc) is 3.16. The molecular weight excluding hydrogens is 358 g/mol. The number of carbonyl (C=O) groups excluding carboxylic acids is 3. The third kappa shape index (κ3) is 4.21. The maximum atomic E-state index is 12.4. The van der Waals surface area contributed by atoms with Gasteiger partial charge in [-0.3, -0.25) is 14.5 Å². The molecule has 2 N–H and O–H groups in total. The van der Waals surface area contributed by atoms with Crippen molar-refractivity contribution in [3.05, 3.63) is 40.9 Å². The molecule has 10 heteroatoms. The molecule has 0 radical (unpaired) electrons. The number of hydrogen-bond donors (Lipinski definition) is 2. The Morgan fingerprint density at radius 1 is 1.31 bits per heavy atom. The van der Waals surface area contributed by atoms with Crippen LogP contribution < -0.4 is 10.6 Å². The number of anilines is 1. The quantitative estimate of drug-likeness (QED) is 0.702. The maximum Gasteiger partial charge on any atom is 0.325 e. The van der Waals surface area contributed by atoms with Gasteiger partial charge in [0.05, 0.1) is 13.0 Å². The summed E-state index contributed by atoms with van der Waals surface area (Å²) in [4.78, 5) is 37.7. The molecule has 2 heterocycles. The average molecular weight is 375 g/mol. The SMILES string of the molecule is COCc1nnc(NC(=O)CC2NC(=O)N(Cc3ccccc3)C2=O)s1. The predicted octanol–water partition coefficient (Wildman–Crippen LogP) is 1.13. The number of imide groups is 1. The fraction of sp³-hybridized carbons (Fsp3) is 0.312. The summed E-state index contributed by atoms with van der Waals surface area (Å²) in [5, 5.41) is 13.8. The second kappa shape index (κ2) is 8.02. The summed E-state index contributed by atoms with van der Waals surface area (Å²) in [6.45, 7) is 0.472. The summed E-state index contributed by atoms with van der Waals surface area (Å²) in [7, 11) is 1.54. The van der Waals surface area contributed by atoms with E-state index in [9.17, 15) is 14.4 Å². The lowest BCUT2D eigenvalue weighted by Crippen LogP contribution is -2.34. The van der Waals surface area contributed by atoms with E-state index in [1.165, 1.54) is 18.4 Å². The third-order valence-corrected chi connectivity index (χ3v) is 4.47.